The van der Waals surface area contributed by atoms with Crippen LogP contribution in [0.4, 0.5) is 0 Å². The fourth-order valence-corrected chi connectivity index (χ4v) is 1.71. The van der Waals surface area contributed by atoms with Gasteiger partial charge in [-0.15, -0.1) is 0 Å². The number of carbonyl (C=O) groups is 1. The third kappa shape index (κ3) is 8.68. The Kier molecular flexibility index (Phi) is 10.5. The Balaban J connectivity index is 3.17. The zero-order chi connectivity index (χ0) is 12.2. The Hall–Kier alpha value is -0.610. The van der Waals surface area contributed by atoms with Crippen LogP contribution in [0, 0.1) is 0 Å². The van der Waals surface area contributed by atoms with E-state index >= 15 is 0 Å². The zero-order valence-corrected chi connectivity index (χ0v) is 10.4. The quantitative estimate of drug-likeness (QED) is 0.306. The molecule has 0 aromatic heterocycles. The molecule has 0 aliphatic carbocycles. The van der Waals surface area contributed by atoms with Crippen molar-refractivity contribution in [2.75, 3.05) is 0 Å². The first-order chi connectivity index (χ1) is 7.72. The van der Waals surface area contributed by atoms with E-state index in [1.807, 2.05) is 0 Å². The number of nitrogens with two attached hydrogens (primary N) is 1. The molecule has 0 spiro atoms. The lowest BCUT2D eigenvalue weighted by Crippen LogP contribution is -2.38. The first-order valence-electron chi connectivity index (χ1n) is 6.42. The smallest absolute Gasteiger partial charge is 0.260 e. The minimum atomic E-state index is -0.565. The molecule has 0 rings (SSSR count). The van der Waals surface area contributed by atoms with Gasteiger partial charge in [0, 0.05) is 0 Å². The van der Waals surface area contributed by atoms with Gasteiger partial charge in [-0.05, 0) is 6.42 Å². The van der Waals surface area contributed by atoms with E-state index in [-0.39, 0.29) is 0 Å². The lowest BCUT2D eigenvalue weighted by molar-refractivity contribution is -0.130. The summed E-state index contributed by atoms with van der Waals surface area (Å²) in [5.74, 6) is -0.483. The summed E-state index contributed by atoms with van der Waals surface area (Å²) in [6.07, 6.45) is 10.5. The van der Waals surface area contributed by atoms with Crippen LogP contribution in [0.5, 0.6) is 0 Å². The topological polar surface area (TPSA) is 75.4 Å². The molecule has 1 unspecified atom stereocenters. The van der Waals surface area contributed by atoms with Crippen LogP contribution in [0.2, 0.25) is 0 Å². The molecule has 0 aliphatic heterocycles. The monoisotopic (exact) mass is 230 g/mol. The first-order valence-corrected chi connectivity index (χ1v) is 6.42. The number of unbranched alkanes of at least 4 members (excludes halogenated alkanes) is 7. The maximum Gasteiger partial charge on any atom is 0.260 e. The van der Waals surface area contributed by atoms with Crippen molar-refractivity contribution in [3.8, 4) is 0 Å². The van der Waals surface area contributed by atoms with Gasteiger partial charge in [-0.3, -0.25) is 10.0 Å². The number of hydrogen-bond acceptors (Lipinski definition) is 3. The summed E-state index contributed by atoms with van der Waals surface area (Å²) in [4.78, 5) is 10.9. The normalized spacial score (nSPS) is 12.4. The Labute approximate surface area is 98.6 Å². The third-order valence-corrected chi connectivity index (χ3v) is 2.82. The molecule has 0 saturated heterocycles. The van der Waals surface area contributed by atoms with Crippen LogP contribution in [0.1, 0.15) is 64.7 Å². The summed E-state index contributed by atoms with van der Waals surface area (Å²) >= 11 is 0. The van der Waals surface area contributed by atoms with Crippen molar-refractivity contribution in [1.29, 1.82) is 0 Å². The van der Waals surface area contributed by atoms with Crippen molar-refractivity contribution in [2.24, 2.45) is 5.73 Å². The van der Waals surface area contributed by atoms with E-state index in [1.165, 1.54) is 38.5 Å². The van der Waals surface area contributed by atoms with Crippen molar-refractivity contribution >= 4 is 5.91 Å². The van der Waals surface area contributed by atoms with Crippen LogP contribution in [0.15, 0.2) is 0 Å². The molecular weight excluding hydrogens is 204 g/mol. The van der Waals surface area contributed by atoms with Gasteiger partial charge < -0.3 is 5.73 Å². The number of hydrogen-bond donors (Lipinski definition) is 3. The molecule has 4 nitrogen and oxygen atoms in total. The van der Waals surface area contributed by atoms with Crippen molar-refractivity contribution in [3.05, 3.63) is 0 Å². The Morgan fingerprint density at radius 1 is 1.12 bits per heavy atom. The highest BCUT2D eigenvalue weighted by Gasteiger charge is 2.10. The van der Waals surface area contributed by atoms with Crippen LogP contribution < -0.4 is 11.2 Å². The summed E-state index contributed by atoms with van der Waals surface area (Å²) in [7, 11) is 0. The van der Waals surface area contributed by atoms with Crippen molar-refractivity contribution in [2.45, 2.75) is 70.8 Å². The van der Waals surface area contributed by atoms with Crippen LogP contribution >= 0.6 is 0 Å². The van der Waals surface area contributed by atoms with Crippen molar-refractivity contribution in [1.82, 2.24) is 5.48 Å². The Morgan fingerprint density at radius 2 is 1.62 bits per heavy atom. The van der Waals surface area contributed by atoms with Gasteiger partial charge in [0.1, 0.15) is 0 Å². The predicted molar refractivity (Wildman–Crippen MR) is 65.1 cm³/mol. The second-order valence-electron chi connectivity index (χ2n) is 4.35. The van der Waals surface area contributed by atoms with Crippen LogP contribution in [-0.4, -0.2) is 17.2 Å². The van der Waals surface area contributed by atoms with Crippen LogP contribution in [0.3, 0.4) is 0 Å². The molecule has 0 aliphatic rings. The minimum absolute atomic E-state index is 0.483. The number of nitrogens with one attached hydrogen (secondary N) is 1. The average molecular weight is 230 g/mol. The average Bonchev–Trinajstić information content (AvgIpc) is 2.31. The summed E-state index contributed by atoms with van der Waals surface area (Å²) in [5.41, 5.74) is 7.11. The van der Waals surface area contributed by atoms with E-state index < -0.39 is 11.9 Å². The van der Waals surface area contributed by atoms with E-state index in [0.29, 0.717) is 6.42 Å². The summed E-state index contributed by atoms with van der Waals surface area (Å²) in [5, 5.41) is 8.35. The second-order valence-corrected chi connectivity index (χ2v) is 4.35. The lowest BCUT2D eigenvalue weighted by atomic mass is 10.0. The molecule has 1 amide bonds. The molecule has 1 atom stereocenters. The largest absolute Gasteiger partial charge is 0.320 e. The van der Waals surface area contributed by atoms with Gasteiger partial charge in [0.15, 0.2) is 0 Å². The van der Waals surface area contributed by atoms with Crippen LogP contribution in [-0.2, 0) is 4.79 Å². The molecule has 0 radical (unpaired) electrons. The minimum Gasteiger partial charge on any atom is -0.320 e. The van der Waals surface area contributed by atoms with E-state index in [4.69, 9.17) is 10.9 Å². The van der Waals surface area contributed by atoms with Crippen molar-refractivity contribution < 1.29 is 10.0 Å². The highest BCUT2D eigenvalue weighted by atomic mass is 16.5. The van der Waals surface area contributed by atoms with Gasteiger partial charge in [0.05, 0.1) is 6.04 Å². The Bertz CT molecular complexity index is 174. The van der Waals surface area contributed by atoms with Gasteiger partial charge in [0.25, 0.3) is 5.91 Å². The first kappa shape index (κ1) is 15.4. The molecule has 0 saturated carbocycles. The zero-order valence-electron chi connectivity index (χ0n) is 10.4. The SMILES string of the molecule is CCCCCCCCCCC(N)C(=O)NO. The van der Waals surface area contributed by atoms with E-state index in [0.717, 1.165) is 12.8 Å². The van der Waals surface area contributed by atoms with Crippen molar-refractivity contribution in [3.63, 3.8) is 0 Å². The number of rotatable bonds is 10. The standard InChI is InChI=1S/C12H26N2O2/c1-2-3-4-5-6-7-8-9-10-11(13)12(15)14-16/h11,16H,2-10,13H2,1H3,(H,14,15). The summed E-state index contributed by atoms with van der Waals surface area (Å²) in [6, 6.07) is -0.565. The number of amides is 1. The maximum atomic E-state index is 10.9. The number of carbonyl (C=O) groups excluding carboxylic acids is 1. The highest BCUT2D eigenvalue weighted by Crippen LogP contribution is 2.10. The second kappa shape index (κ2) is 10.9. The molecule has 96 valence electrons. The molecule has 4 N–H and O–H groups in total. The van der Waals surface area contributed by atoms with E-state index in [9.17, 15) is 4.79 Å². The molecule has 0 bridgehead atoms. The predicted octanol–water partition coefficient (Wildman–Crippen LogP) is 2.35. The third-order valence-electron chi connectivity index (χ3n) is 2.82. The van der Waals surface area contributed by atoms with Gasteiger partial charge in [-0.25, -0.2) is 5.48 Å². The Morgan fingerprint density at radius 3 is 2.12 bits per heavy atom. The van der Waals surface area contributed by atoms with E-state index in [2.05, 4.69) is 6.92 Å². The molecule has 0 aromatic rings. The number of hydroxylamine groups is 1. The summed E-state index contributed by atoms with van der Waals surface area (Å²) in [6.45, 7) is 2.22. The fraction of sp³-hybridized carbons (Fsp3) is 0.917. The summed E-state index contributed by atoms with van der Waals surface area (Å²) < 4.78 is 0. The molecular formula is C12H26N2O2. The van der Waals surface area contributed by atoms with E-state index in [1.54, 1.807) is 5.48 Å². The molecule has 0 aromatic carbocycles. The van der Waals surface area contributed by atoms with Gasteiger partial charge in [0.2, 0.25) is 0 Å². The molecule has 0 heterocycles. The highest BCUT2D eigenvalue weighted by molar-refractivity contribution is 5.80. The van der Waals surface area contributed by atoms with Gasteiger partial charge >= 0.3 is 0 Å². The molecule has 0 fully saturated rings. The molecule has 16 heavy (non-hydrogen) atoms. The van der Waals surface area contributed by atoms with Crippen LogP contribution in [0.25, 0.3) is 0 Å². The molecule has 4 heteroatoms. The van der Waals surface area contributed by atoms with Gasteiger partial charge in [-0.1, -0.05) is 58.3 Å². The maximum absolute atomic E-state index is 10.9. The fourth-order valence-electron chi connectivity index (χ4n) is 1.71. The lowest BCUT2D eigenvalue weighted by Gasteiger charge is -2.08. The van der Waals surface area contributed by atoms with Gasteiger partial charge in [-0.2, -0.15) is 0 Å².